The van der Waals surface area contributed by atoms with Crippen LogP contribution in [0.2, 0.25) is 0 Å². The van der Waals surface area contributed by atoms with Crippen LogP contribution in [0.3, 0.4) is 0 Å². The van der Waals surface area contributed by atoms with E-state index >= 15 is 0 Å². The summed E-state index contributed by atoms with van der Waals surface area (Å²) in [5.41, 5.74) is 5.76. The Balaban J connectivity index is 2.60. The van der Waals surface area contributed by atoms with E-state index in [1.54, 1.807) is 7.11 Å². The number of rotatable bonds is 6. The number of sulfonamides is 1. The fourth-order valence-corrected chi connectivity index (χ4v) is 3.10. The second-order valence-electron chi connectivity index (χ2n) is 5.09. The second kappa shape index (κ2) is 6.29. The van der Waals surface area contributed by atoms with Crippen molar-refractivity contribution in [3.63, 3.8) is 0 Å². The smallest absolute Gasteiger partial charge is 0.211 e. The molecule has 1 aliphatic rings. The Morgan fingerprint density at radius 3 is 2.22 bits per heavy atom. The molecule has 0 aromatic rings. The van der Waals surface area contributed by atoms with Gasteiger partial charge in [0, 0.05) is 52.0 Å². The number of nitrogens with two attached hydrogens (primary N) is 1. The van der Waals surface area contributed by atoms with Crippen LogP contribution >= 0.6 is 0 Å². The van der Waals surface area contributed by atoms with E-state index in [4.69, 9.17) is 10.5 Å². The summed E-state index contributed by atoms with van der Waals surface area (Å²) in [5.74, 6) is 0. The molecule has 0 aromatic carbocycles. The van der Waals surface area contributed by atoms with Crippen LogP contribution in [-0.2, 0) is 14.8 Å². The number of hydrogen-bond acceptors (Lipinski definition) is 5. The number of hydrogen-bond donors (Lipinski definition) is 1. The van der Waals surface area contributed by atoms with Crippen LogP contribution in [0.15, 0.2) is 0 Å². The molecule has 6 nitrogen and oxygen atoms in total. The van der Waals surface area contributed by atoms with Crippen LogP contribution in [0.4, 0.5) is 0 Å². The molecule has 1 rings (SSSR count). The molecule has 0 bridgehead atoms. The van der Waals surface area contributed by atoms with Gasteiger partial charge in [-0.1, -0.05) is 0 Å². The number of ether oxygens (including phenoxy) is 1. The van der Waals surface area contributed by atoms with Crippen molar-refractivity contribution < 1.29 is 13.2 Å². The van der Waals surface area contributed by atoms with Crippen LogP contribution in [-0.4, -0.2) is 75.9 Å². The fraction of sp³-hybridized carbons (Fsp3) is 1.00. The molecule has 108 valence electrons. The molecule has 1 fully saturated rings. The first kappa shape index (κ1) is 15.8. The number of nitrogens with zero attached hydrogens (tertiary/aromatic N) is 2. The molecule has 0 saturated carbocycles. The summed E-state index contributed by atoms with van der Waals surface area (Å²) in [4.78, 5) is 2.27. The van der Waals surface area contributed by atoms with Crippen LogP contribution in [0.25, 0.3) is 0 Å². The maximum Gasteiger partial charge on any atom is 0.211 e. The van der Waals surface area contributed by atoms with Crippen LogP contribution < -0.4 is 5.73 Å². The lowest BCUT2D eigenvalue weighted by molar-refractivity contribution is 0.0439. The Labute approximate surface area is 110 Å². The summed E-state index contributed by atoms with van der Waals surface area (Å²) in [6.07, 6.45) is 2.12. The molecule has 1 atom stereocenters. The van der Waals surface area contributed by atoms with Crippen LogP contribution in [0, 0.1) is 0 Å². The minimum Gasteiger partial charge on any atom is -0.385 e. The van der Waals surface area contributed by atoms with Gasteiger partial charge in [0.2, 0.25) is 10.0 Å². The summed E-state index contributed by atoms with van der Waals surface area (Å²) in [6, 6.07) is 0. The van der Waals surface area contributed by atoms with E-state index in [-0.39, 0.29) is 5.54 Å². The van der Waals surface area contributed by atoms with Gasteiger partial charge in [0.25, 0.3) is 0 Å². The van der Waals surface area contributed by atoms with E-state index in [1.807, 2.05) is 0 Å². The highest BCUT2D eigenvalue weighted by Gasteiger charge is 2.34. The van der Waals surface area contributed by atoms with Crippen molar-refractivity contribution in [1.82, 2.24) is 9.21 Å². The first-order chi connectivity index (χ1) is 8.33. The van der Waals surface area contributed by atoms with Crippen molar-refractivity contribution in [2.45, 2.75) is 18.9 Å². The van der Waals surface area contributed by atoms with E-state index in [9.17, 15) is 8.42 Å². The lowest BCUT2D eigenvalue weighted by Gasteiger charge is -2.45. The minimum atomic E-state index is -3.07. The lowest BCUT2D eigenvalue weighted by atomic mass is 9.95. The number of methoxy groups -OCH3 is 1. The number of piperazine rings is 1. The van der Waals surface area contributed by atoms with E-state index in [0.717, 1.165) is 19.5 Å². The summed E-state index contributed by atoms with van der Waals surface area (Å²) >= 11 is 0. The van der Waals surface area contributed by atoms with Crippen molar-refractivity contribution in [3.8, 4) is 0 Å². The van der Waals surface area contributed by atoms with Crippen molar-refractivity contribution >= 4 is 10.0 Å². The zero-order chi connectivity index (χ0) is 13.8. The third-order valence-corrected chi connectivity index (χ3v) is 5.06. The molecule has 1 saturated heterocycles. The van der Waals surface area contributed by atoms with E-state index in [2.05, 4.69) is 11.8 Å². The van der Waals surface area contributed by atoms with Gasteiger partial charge >= 0.3 is 0 Å². The largest absolute Gasteiger partial charge is 0.385 e. The summed E-state index contributed by atoms with van der Waals surface area (Å²) in [7, 11) is -1.39. The fourth-order valence-electron chi connectivity index (χ4n) is 2.27. The zero-order valence-electron chi connectivity index (χ0n) is 11.6. The van der Waals surface area contributed by atoms with Gasteiger partial charge in [0.15, 0.2) is 0 Å². The molecule has 1 heterocycles. The first-order valence-corrected chi connectivity index (χ1v) is 8.07. The maximum atomic E-state index is 11.4. The van der Waals surface area contributed by atoms with Gasteiger partial charge in [0.1, 0.15) is 0 Å². The molecular formula is C11H25N3O3S. The van der Waals surface area contributed by atoms with Crippen molar-refractivity contribution in [2.24, 2.45) is 5.73 Å². The molecule has 0 amide bonds. The molecule has 2 N–H and O–H groups in total. The molecule has 1 unspecified atom stereocenters. The molecule has 0 aliphatic carbocycles. The molecule has 0 spiro atoms. The predicted octanol–water partition coefficient (Wildman–Crippen LogP) is -0.682. The highest BCUT2D eigenvalue weighted by molar-refractivity contribution is 7.88. The standard InChI is InChI=1S/C11H25N3O3S/c1-11(10-12,4-9-17-2)13-5-7-14(8-6-13)18(3,15)16/h4-10,12H2,1-3H3. The molecule has 7 heteroatoms. The highest BCUT2D eigenvalue weighted by Crippen LogP contribution is 2.21. The van der Waals surface area contributed by atoms with E-state index in [0.29, 0.717) is 26.2 Å². The third-order valence-electron chi connectivity index (χ3n) is 3.76. The predicted molar refractivity (Wildman–Crippen MR) is 71.9 cm³/mol. The third kappa shape index (κ3) is 3.89. The Kier molecular flexibility index (Phi) is 5.54. The van der Waals surface area contributed by atoms with Gasteiger partial charge in [-0.15, -0.1) is 0 Å². The van der Waals surface area contributed by atoms with Crippen molar-refractivity contribution in [1.29, 1.82) is 0 Å². The van der Waals surface area contributed by atoms with Crippen molar-refractivity contribution in [2.75, 3.05) is 52.7 Å². The maximum absolute atomic E-state index is 11.4. The molecule has 0 aromatic heterocycles. The Hall–Kier alpha value is -0.210. The highest BCUT2D eigenvalue weighted by atomic mass is 32.2. The zero-order valence-corrected chi connectivity index (χ0v) is 12.4. The van der Waals surface area contributed by atoms with E-state index < -0.39 is 10.0 Å². The summed E-state index contributed by atoms with van der Waals surface area (Å²) in [5, 5.41) is 0. The van der Waals surface area contributed by atoms with Gasteiger partial charge < -0.3 is 10.5 Å². The molecule has 1 aliphatic heterocycles. The van der Waals surface area contributed by atoms with Gasteiger partial charge in [-0.2, -0.15) is 4.31 Å². The second-order valence-corrected chi connectivity index (χ2v) is 7.08. The van der Waals surface area contributed by atoms with Gasteiger partial charge in [-0.3, -0.25) is 4.90 Å². The topological polar surface area (TPSA) is 75.9 Å². The van der Waals surface area contributed by atoms with E-state index in [1.165, 1.54) is 10.6 Å². The van der Waals surface area contributed by atoms with Gasteiger partial charge in [-0.25, -0.2) is 8.42 Å². The lowest BCUT2D eigenvalue weighted by Crippen LogP contribution is -2.59. The molecule has 0 radical (unpaired) electrons. The normalized spacial score (nSPS) is 22.9. The first-order valence-electron chi connectivity index (χ1n) is 6.22. The minimum absolute atomic E-state index is 0.112. The van der Waals surface area contributed by atoms with Crippen LogP contribution in [0.5, 0.6) is 0 Å². The van der Waals surface area contributed by atoms with Gasteiger partial charge in [-0.05, 0) is 13.3 Å². The average Bonchev–Trinajstić information content (AvgIpc) is 2.35. The Morgan fingerprint density at radius 1 is 1.28 bits per heavy atom. The Bertz CT molecular complexity index is 353. The summed E-state index contributed by atoms with van der Waals surface area (Å²) in [6.45, 7) is 5.87. The van der Waals surface area contributed by atoms with Crippen molar-refractivity contribution in [3.05, 3.63) is 0 Å². The average molecular weight is 279 g/mol. The monoisotopic (exact) mass is 279 g/mol. The molecular weight excluding hydrogens is 254 g/mol. The Morgan fingerprint density at radius 2 is 1.83 bits per heavy atom. The SMILES string of the molecule is COCCC(C)(CN)N1CCN(S(C)(=O)=O)CC1. The quantitative estimate of drug-likeness (QED) is 0.697. The molecule has 18 heavy (non-hydrogen) atoms. The van der Waals surface area contributed by atoms with Gasteiger partial charge in [0.05, 0.1) is 6.26 Å². The summed E-state index contributed by atoms with van der Waals surface area (Å²) < 4.78 is 29.5. The van der Waals surface area contributed by atoms with Crippen LogP contribution in [0.1, 0.15) is 13.3 Å².